The molecule has 0 aliphatic carbocycles. The molecular weight excluding hydrogens is 374 g/mol. The van der Waals surface area contributed by atoms with Crippen molar-refractivity contribution in [1.29, 1.82) is 0 Å². The molecule has 28 heavy (non-hydrogen) atoms. The van der Waals surface area contributed by atoms with E-state index in [1.54, 1.807) is 0 Å². The van der Waals surface area contributed by atoms with Crippen molar-refractivity contribution in [1.82, 2.24) is 15.2 Å². The summed E-state index contributed by atoms with van der Waals surface area (Å²) >= 11 is 1.53. The highest BCUT2D eigenvalue weighted by molar-refractivity contribution is 7.13. The Morgan fingerprint density at radius 2 is 2.07 bits per heavy atom. The Morgan fingerprint density at radius 1 is 1.25 bits per heavy atom. The first-order chi connectivity index (χ1) is 13.7. The molecule has 0 spiro atoms. The maximum absolute atomic E-state index is 12.2. The average molecular weight is 402 g/mol. The summed E-state index contributed by atoms with van der Waals surface area (Å²) in [4.78, 5) is 30.6. The van der Waals surface area contributed by atoms with Crippen molar-refractivity contribution in [3.05, 3.63) is 35.3 Å². The second-order valence-electron chi connectivity index (χ2n) is 6.82. The van der Waals surface area contributed by atoms with Gasteiger partial charge < -0.3 is 15.0 Å². The van der Waals surface area contributed by atoms with Gasteiger partial charge in [0, 0.05) is 37.0 Å². The summed E-state index contributed by atoms with van der Waals surface area (Å²) < 4.78 is 5.45. The molecule has 1 aromatic heterocycles. The van der Waals surface area contributed by atoms with E-state index in [-0.39, 0.29) is 18.2 Å². The van der Waals surface area contributed by atoms with Gasteiger partial charge in [0.15, 0.2) is 0 Å². The topological polar surface area (TPSA) is 71.5 Å². The Balaban J connectivity index is 1.46. The van der Waals surface area contributed by atoms with Gasteiger partial charge in [-0.3, -0.25) is 9.59 Å². The van der Waals surface area contributed by atoms with Crippen molar-refractivity contribution in [3.8, 4) is 16.3 Å². The highest BCUT2D eigenvalue weighted by atomic mass is 32.1. The normalized spacial score (nSPS) is 14.6. The fourth-order valence-electron chi connectivity index (χ4n) is 3.21. The number of nitrogens with one attached hydrogen (secondary N) is 1. The predicted molar refractivity (Wildman–Crippen MR) is 110 cm³/mol. The van der Waals surface area contributed by atoms with Gasteiger partial charge in [0.05, 0.1) is 18.7 Å². The largest absolute Gasteiger partial charge is 0.494 e. The average Bonchev–Trinajstić information content (AvgIpc) is 3.05. The Bertz CT molecular complexity index is 788. The van der Waals surface area contributed by atoms with Crippen LogP contribution in [0.25, 0.3) is 10.6 Å². The van der Waals surface area contributed by atoms with Crippen LogP contribution in [-0.4, -0.2) is 47.9 Å². The lowest BCUT2D eigenvalue weighted by atomic mass is 10.2. The summed E-state index contributed by atoms with van der Waals surface area (Å²) in [5.41, 5.74) is 1.78. The van der Waals surface area contributed by atoms with Crippen LogP contribution in [0.4, 0.5) is 0 Å². The predicted octanol–water partition coefficient (Wildman–Crippen LogP) is 3.27. The molecule has 1 aliphatic rings. The Morgan fingerprint density at radius 3 is 2.86 bits per heavy atom. The van der Waals surface area contributed by atoms with Crippen LogP contribution in [0.15, 0.2) is 29.6 Å². The summed E-state index contributed by atoms with van der Waals surface area (Å²) in [6.45, 7) is 4.46. The number of thiazole rings is 1. The van der Waals surface area contributed by atoms with E-state index < -0.39 is 0 Å². The molecule has 1 fully saturated rings. The van der Waals surface area contributed by atoms with Crippen molar-refractivity contribution in [3.63, 3.8) is 0 Å². The maximum Gasteiger partial charge on any atom is 0.226 e. The van der Waals surface area contributed by atoms with E-state index in [2.05, 4.69) is 10.3 Å². The summed E-state index contributed by atoms with van der Waals surface area (Å²) in [6, 6.07) is 7.81. The highest BCUT2D eigenvalue weighted by Gasteiger charge is 2.16. The molecule has 1 aliphatic heterocycles. The number of nitrogens with zero attached hydrogens (tertiary/aromatic N) is 2. The van der Waals surface area contributed by atoms with Gasteiger partial charge in [-0.25, -0.2) is 4.98 Å². The summed E-state index contributed by atoms with van der Waals surface area (Å²) in [5.74, 6) is 0.974. The van der Waals surface area contributed by atoms with E-state index in [1.165, 1.54) is 11.3 Å². The first kappa shape index (κ1) is 20.3. The number of benzene rings is 1. The number of hydrogen-bond acceptors (Lipinski definition) is 5. The minimum Gasteiger partial charge on any atom is -0.494 e. The van der Waals surface area contributed by atoms with E-state index in [0.29, 0.717) is 26.1 Å². The van der Waals surface area contributed by atoms with Crippen molar-refractivity contribution in [2.75, 3.05) is 26.2 Å². The standard InChI is InChI=1S/C21H27N3O3S/c1-2-27-18-9-7-16(8-10-18)21-23-17(15-28-21)14-19(25)22-11-13-24-12-5-3-4-6-20(24)26/h7-10,15H,2-6,11-14H2,1H3,(H,22,25). The second-order valence-corrected chi connectivity index (χ2v) is 7.68. The van der Waals surface area contributed by atoms with Crippen molar-refractivity contribution in [2.45, 2.75) is 39.0 Å². The van der Waals surface area contributed by atoms with Crippen LogP contribution in [0.1, 0.15) is 38.3 Å². The Kier molecular flexibility index (Phi) is 7.42. The van der Waals surface area contributed by atoms with Gasteiger partial charge in [-0.05, 0) is 44.0 Å². The number of carbonyl (C=O) groups excluding carboxylic acids is 2. The van der Waals surface area contributed by atoms with E-state index in [1.807, 2.05) is 41.5 Å². The van der Waals surface area contributed by atoms with Crippen molar-refractivity contribution in [2.24, 2.45) is 0 Å². The molecule has 3 rings (SSSR count). The molecule has 6 nitrogen and oxygen atoms in total. The first-order valence-corrected chi connectivity index (χ1v) is 10.8. The number of carbonyl (C=O) groups is 2. The van der Waals surface area contributed by atoms with Crippen molar-refractivity contribution < 1.29 is 14.3 Å². The lowest BCUT2D eigenvalue weighted by molar-refractivity contribution is -0.131. The molecule has 150 valence electrons. The molecule has 0 saturated carbocycles. The zero-order chi connectivity index (χ0) is 19.8. The van der Waals surface area contributed by atoms with Gasteiger partial charge in [0.1, 0.15) is 10.8 Å². The van der Waals surface area contributed by atoms with Crippen LogP contribution in [0.5, 0.6) is 5.75 Å². The Hall–Kier alpha value is -2.41. The number of likely N-dealkylation sites (tertiary alicyclic amines) is 1. The van der Waals surface area contributed by atoms with Crippen LogP contribution in [0.2, 0.25) is 0 Å². The molecule has 2 heterocycles. The van der Waals surface area contributed by atoms with E-state index in [9.17, 15) is 9.59 Å². The first-order valence-electron chi connectivity index (χ1n) is 9.88. The number of aromatic nitrogens is 1. The van der Waals surface area contributed by atoms with Gasteiger partial charge in [-0.15, -0.1) is 11.3 Å². The molecule has 0 bridgehead atoms. The summed E-state index contributed by atoms with van der Waals surface area (Å²) in [5, 5.41) is 5.72. The van der Waals surface area contributed by atoms with Gasteiger partial charge in [0.2, 0.25) is 11.8 Å². The van der Waals surface area contributed by atoms with Gasteiger partial charge in [-0.2, -0.15) is 0 Å². The fraction of sp³-hybridized carbons (Fsp3) is 0.476. The monoisotopic (exact) mass is 401 g/mol. The number of rotatable bonds is 8. The molecular formula is C21H27N3O3S. The molecule has 1 N–H and O–H groups in total. The van der Waals surface area contributed by atoms with E-state index >= 15 is 0 Å². The van der Waals surface area contributed by atoms with Gasteiger partial charge in [-0.1, -0.05) is 6.42 Å². The number of amides is 2. The zero-order valence-corrected chi connectivity index (χ0v) is 17.1. The van der Waals surface area contributed by atoms with Crippen LogP contribution < -0.4 is 10.1 Å². The third kappa shape index (κ3) is 5.79. The van der Waals surface area contributed by atoms with Crippen LogP contribution in [-0.2, 0) is 16.0 Å². The quantitative estimate of drug-likeness (QED) is 0.737. The summed E-state index contributed by atoms with van der Waals surface area (Å²) in [6.07, 6.45) is 4.01. The van der Waals surface area contributed by atoms with E-state index in [4.69, 9.17) is 4.74 Å². The van der Waals surface area contributed by atoms with E-state index in [0.717, 1.165) is 47.8 Å². The van der Waals surface area contributed by atoms with Gasteiger partial charge in [0.25, 0.3) is 0 Å². The third-order valence-electron chi connectivity index (χ3n) is 4.68. The minimum absolute atomic E-state index is 0.0641. The van der Waals surface area contributed by atoms with Crippen LogP contribution >= 0.6 is 11.3 Å². The number of ether oxygens (including phenoxy) is 1. The minimum atomic E-state index is -0.0641. The number of hydrogen-bond donors (Lipinski definition) is 1. The lowest BCUT2D eigenvalue weighted by Gasteiger charge is -2.20. The molecule has 2 aromatic rings. The molecule has 0 atom stereocenters. The smallest absolute Gasteiger partial charge is 0.226 e. The zero-order valence-electron chi connectivity index (χ0n) is 16.3. The molecule has 0 radical (unpaired) electrons. The van der Waals surface area contributed by atoms with Crippen LogP contribution in [0.3, 0.4) is 0 Å². The summed E-state index contributed by atoms with van der Waals surface area (Å²) in [7, 11) is 0. The fourth-order valence-corrected chi connectivity index (χ4v) is 4.04. The second kappa shape index (κ2) is 10.2. The van der Waals surface area contributed by atoms with Crippen molar-refractivity contribution >= 4 is 23.2 Å². The molecule has 2 amide bonds. The Labute approximate surface area is 169 Å². The third-order valence-corrected chi connectivity index (χ3v) is 5.62. The molecule has 1 aromatic carbocycles. The highest BCUT2D eigenvalue weighted by Crippen LogP contribution is 2.26. The maximum atomic E-state index is 12.2. The SMILES string of the molecule is CCOc1ccc(-c2nc(CC(=O)NCCN3CCCCCC3=O)cs2)cc1. The lowest BCUT2D eigenvalue weighted by Crippen LogP contribution is -2.38. The van der Waals surface area contributed by atoms with Gasteiger partial charge >= 0.3 is 0 Å². The molecule has 7 heteroatoms. The molecule has 0 unspecified atom stereocenters. The van der Waals surface area contributed by atoms with Crippen LogP contribution in [0, 0.1) is 0 Å². The molecule has 1 saturated heterocycles.